The minimum Gasteiger partial charge on any atom is -0.508 e. The third-order valence-electron chi connectivity index (χ3n) is 3.55. The molecule has 2 N–H and O–H groups in total. The fraction of sp³-hybridized carbons (Fsp3) is 0.235. The van der Waals surface area contributed by atoms with Crippen molar-refractivity contribution in [2.45, 2.75) is 25.2 Å². The van der Waals surface area contributed by atoms with Crippen LogP contribution in [0.15, 0.2) is 54.6 Å². The van der Waals surface area contributed by atoms with E-state index in [1.54, 1.807) is 12.1 Å². The molecule has 0 spiro atoms. The molecule has 3 nitrogen and oxygen atoms in total. The van der Waals surface area contributed by atoms with Crippen molar-refractivity contribution in [1.29, 1.82) is 0 Å². The van der Waals surface area contributed by atoms with Gasteiger partial charge in [0, 0.05) is 0 Å². The average molecular weight is 270 g/mol. The van der Waals surface area contributed by atoms with Gasteiger partial charge in [-0.2, -0.15) is 0 Å². The number of phenolic OH excluding ortho intramolecular Hbond substituents is 1. The van der Waals surface area contributed by atoms with E-state index in [9.17, 15) is 15.0 Å². The molecule has 0 bridgehead atoms. The number of carbonyl (C=O) groups is 1. The van der Waals surface area contributed by atoms with Gasteiger partial charge in [-0.05, 0) is 35.6 Å². The highest BCUT2D eigenvalue weighted by Gasteiger charge is 2.22. The molecule has 0 amide bonds. The molecule has 2 unspecified atom stereocenters. The first-order valence-electron chi connectivity index (χ1n) is 6.64. The second-order valence-electron chi connectivity index (χ2n) is 5.03. The molecule has 2 aromatic rings. The predicted octanol–water partition coefficient (Wildman–Crippen LogP) is 3.75. The lowest BCUT2D eigenvalue weighted by Gasteiger charge is -2.18. The Labute approximate surface area is 118 Å². The van der Waals surface area contributed by atoms with E-state index in [1.165, 1.54) is 0 Å². The van der Waals surface area contributed by atoms with E-state index < -0.39 is 11.9 Å². The van der Waals surface area contributed by atoms with Gasteiger partial charge in [0.05, 0.1) is 5.92 Å². The van der Waals surface area contributed by atoms with Crippen molar-refractivity contribution in [2.24, 2.45) is 0 Å². The number of aliphatic carboxylic acids is 1. The molecule has 20 heavy (non-hydrogen) atoms. The maximum atomic E-state index is 11.5. The zero-order chi connectivity index (χ0) is 14.5. The standard InChI is InChI=1S/C17H18O3/c1-12(13-7-9-15(18)10-8-13)11-16(17(19)20)14-5-3-2-4-6-14/h2-10,12,16,18H,11H2,1H3,(H,19,20). The largest absolute Gasteiger partial charge is 0.508 e. The van der Waals surface area contributed by atoms with Crippen molar-refractivity contribution in [3.05, 3.63) is 65.7 Å². The maximum Gasteiger partial charge on any atom is 0.310 e. The molecule has 0 aliphatic rings. The first-order valence-corrected chi connectivity index (χ1v) is 6.64. The van der Waals surface area contributed by atoms with Crippen LogP contribution >= 0.6 is 0 Å². The van der Waals surface area contributed by atoms with E-state index in [1.807, 2.05) is 49.4 Å². The summed E-state index contributed by atoms with van der Waals surface area (Å²) in [4.78, 5) is 11.5. The quantitative estimate of drug-likeness (QED) is 0.869. The van der Waals surface area contributed by atoms with Gasteiger partial charge in [-0.1, -0.05) is 49.4 Å². The van der Waals surface area contributed by atoms with Gasteiger partial charge in [0.2, 0.25) is 0 Å². The Morgan fingerprint density at radius 1 is 1.00 bits per heavy atom. The van der Waals surface area contributed by atoms with Gasteiger partial charge in [0.15, 0.2) is 0 Å². The number of rotatable bonds is 5. The first kappa shape index (κ1) is 14.1. The van der Waals surface area contributed by atoms with Crippen LogP contribution in [0.3, 0.4) is 0 Å². The van der Waals surface area contributed by atoms with Crippen LogP contribution in [0, 0.1) is 0 Å². The van der Waals surface area contributed by atoms with Gasteiger partial charge in [0.1, 0.15) is 5.75 Å². The highest BCUT2D eigenvalue weighted by atomic mass is 16.4. The summed E-state index contributed by atoms with van der Waals surface area (Å²) in [7, 11) is 0. The Morgan fingerprint density at radius 3 is 2.15 bits per heavy atom. The van der Waals surface area contributed by atoms with E-state index in [4.69, 9.17) is 0 Å². The Morgan fingerprint density at radius 2 is 1.60 bits per heavy atom. The third kappa shape index (κ3) is 3.38. The van der Waals surface area contributed by atoms with Crippen molar-refractivity contribution in [3.63, 3.8) is 0 Å². The number of carboxylic acids is 1. The fourth-order valence-corrected chi connectivity index (χ4v) is 2.36. The zero-order valence-electron chi connectivity index (χ0n) is 11.4. The highest BCUT2D eigenvalue weighted by molar-refractivity contribution is 5.76. The van der Waals surface area contributed by atoms with Gasteiger partial charge in [-0.25, -0.2) is 0 Å². The second-order valence-corrected chi connectivity index (χ2v) is 5.03. The molecule has 0 aliphatic heterocycles. The normalized spacial score (nSPS) is 13.7. The number of phenols is 1. The van der Waals surface area contributed by atoms with E-state index in [0.717, 1.165) is 11.1 Å². The molecular weight excluding hydrogens is 252 g/mol. The first-order chi connectivity index (χ1) is 9.58. The monoisotopic (exact) mass is 270 g/mol. The molecule has 0 radical (unpaired) electrons. The van der Waals surface area contributed by atoms with E-state index in [-0.39, 0.29) is 11.7 Å². The lowest BCUT2D eigenvalue weighted by Crippen LogP contribution is -2.14. The molecule has 3 heteroatoms. The summed E-state index contributed by atoms with van der Waals surface area (Å²) in [6, 6.07) is 16.2. The van der Waals surface area contributed by atoms with Crippen molar-refractivity contribution in [2.75, 3.05) is 0 Å². The van der Waals surface area contributed by atoms with Crippen molar-refractivity contribution in [1.82, 2.24) is 0 Å². The average Bonchev–Trinajstić information content (AvgIpc) is 2.46. The summed E-state index contributed by atoms with van der Waals surface area (Å²) < 4.78 is 0. The van der Waals surface area contributed by atoms with Crippen LogP contribution in [0.25, 0.3) is 0 Å². The molecular formula is C17H18O3. The molecule has 104 valence electrons. The Kier molecular flexibility index (Phi) is 4.41. The van der Waals surface area contributed by atoms with Crippen molar-refractivity contribution >= 4 is 5.97 Å². The lowest BCUT2D eigenvalue weighted by atomic mass is 9.86. The summed E-state index contributed by atoms with van der Waals surface area (Å²) in [6.07, 6.45) is 0.532. The topological polar surface area (TPSA) is 57.5 Å². The van der Waals surface area contributed by atoms with Gasteiger partial charge < -0.3 is 10.2 Å². The van der Waals surface area contributed by atoms with Crippen LogP contribution in [-0.2, 0) is 4.79 Å². The minimum atomic E-state index is -0.804. The van der Waals surface area contributed by atoms with Crippen LogP contribution in [0.4, 0.5) is 0 Å². The molecule has 0 fully saturated rings. The van der Waals surface area contributed by atoms with E-state index in [0.29, 0.717) is 6.42 Å². The van der Waals surface area contributed by atoms with E-state index >= 15 is 0 Å². The summed E-state index contributed by atoms with van der Waals surface area (Å²) in [6.45, 7) is 2.01. The summed E-state index contributed by atoms with van der Waals surface area (Å²) in [5.74, 6) is -0.988. The number of benzene rings is 2. The zero-order valence-corrected chi connectivity index (χ0v) is 11.4. The Balaban J connectivity index is 2.16. The molecule has 0 saturated carbocycles. The molecule has 2 aromatic carbocycles. The third-order valence-corrected chi connectivity index (χ3v) is 3.55. The van der Waals surface area contributed by atoms with Crippen LogP contribution in [0.1, 0.15) is 36.3 Å². The van der Waals surface area contributed by atoms with Gasteiger partial charge >= 0.3 is 5.97 Å². The molecule has 0 heterocycles. The van der Waals surface area contributed by atoms with Crippen LogP contribution < -0.4 is 0 Å². The lowest BCUT2D eigenvalue weighted by molar-refractivity contribution is -0.139. The van der Waals surface area contributed by atoms with E-state index in [2.05, 4.69) is 0 Å². The van der Waals surface area contributed by atoms with Crippen molar-refractivity contribution in [3.8, 4) is 5.75 Å². The van der Waals surface area contributed by atoms with Crippen LogP contribution in [0.5, 0.6) is 5.75 Å². The summed E-state index contributed by atoms with van der Waals surface area (Å²) >= 11 is 0. The summed E-state index contributed by atoms with van der Waals surface area (Å²) in [5.41, 5.74) is 1.86. The number of hydrogen-bond acceptors (Lipinski definition) is 2. The van der Waals surface area contributed by atoms with Gasteiger partial charge in [-0.15, -0.1) is 0 Å². The smallest absolute Gasteiger partial charge is 0.310 e. The number of aromatic hydroxyl groups is 1. The predicted molar refractivity (Wildman–Crippen MR) is 78.0 cm³/mol. The molecule has 0 saturated heterocycles. The van der Waals surface area contributed by atoms with Crippen LogP contribution in [0.2, 0.25) is 0 Å². The Bertz CT molecular complexity index is 561. The summed E-state index contributed by atoms with van der Waals surface area (Å²) in [5, 5.41) is 18.7. The SMILES string of the molecule is CC(CC(C(=O)O)c1ccccc1)c1ccc(O)cc1. The molecule has 0 aromatic heterocycles. The van der Waals surface area contributed by atoms with Gasteiger partial charge in [-0.3, -0.25) is 4.79 Å². The minimum absolute atomic E-state index is 0.108. The molecule has 2 rings (SSSR count). The van der Waals surface area contributed by atoms with Crippen LogP contribution in [-0.4, -0.2) is 16.2 Å². The maximum absolute atomic E-state index is 11.5. The second kappa shape index (κ2) is 6.24. The van der Waals surface area contributed by atoms with Crippen molar-refractivity contribution < 1.29 is 15.0 Å². The Hall–Kier alpha value is -2.29. The fourth-order valence-electron chi connectivity index (χ4n) is 2.36. The molecule has 0 aliphatic carbocycles. The highest BCUT2D eigenvalue weighted by Crippen LogP contribution is 2.30. The van der Waals surface area contributed by atoms with Gasteiger partial charge in [0.25, 0.3) is 0 Å². The number of hydrogen-bond donors (Lipinski definition) is 2. The molecule has 2 atom stereocenters. The number of carboxylic acid groups (broad SMARTS) is 1.